The Morgan fingerprint density at radius 3 is 2.87 bits per heavy atom. The topological polar surface area (TPSA) is 77.1 Å². The van der Waals surface area contributed by atoms with Gasteiger partial charge in [-0.15, -0.1) is 11.3 Å². The predicted octanol–water partition coefficient (Wildman–Crippen LogP) is 4.14. The Hall–Kier alpha value is -2.27. The fourth-order valence-electron chi connectivity index (χ4n) is 3.55. The molecule has 1 atom stereocenters. The number of alkyl halides is 3. The smallest absolute Gasteiger partial charge is 0.405 e. The summed E-state index contributed by atoms with van der Waals surface area (Å²) < 4.78 is 44.1. The van der Waals surface area contributed by atoms with Gasteiger partial charge in [0, 0.05) is 4.88 Å². The molecule has 11 heteroatoms. The highest BCUT2D eigenvalue weighted by Gasteiger charge is 2.30. The van der Waals surface area contributed by atoms with Crippen LogP contribution in [-0.4, -0.2) is 33.4 Å². The van der Waals surface area contributed by atoms with Crippen LogP contribution in [0.15, 0.2) is 32.8 Å². The number of furan rings is 1. The summed E-state index contributed by atoms with van der Waals surface area (Å²) in [5.41, 5.74) is 0.829. The van der Waals surface area contributed by atoms with Crippen molar-refractivity contribution in [3.63, 3.8) is 0 Å². The third-order valence-corrected chi connectivity index (χ3v) is 7.32. The third-order valence-electron chi connectivity index (χ3n) is 5.05. The van der Waals surface area contributed by atoms with E-state index in [1.807, 2.05) is 5.32 Å². The van der Waals surface area contributed by atoms with Gasteiger partial charge < -0.3 is 9.73 Å². The second kappa shape index (κ2) is 8.70. The minimum atomic E-state index is -4.49. The number of hydrogen-bond donors (Lipinski definition) is 1. The first-order valence-corrected chi connectivity index (χ1v) is 11.5. The summed E-state index contributed by atoms with van der Waals surface area (Å²) in [5, 5.41) is 1.89. The molecule has 3 aromatic heterocycles. The van der Waals surface area contributed by atoms with Crippen LogP contribution in [0.1, 0.15) is 36.0 Å². The molecule has 3 aromatic rings. The lowest BCUT2D eigenvalue weighted by Gasteiger charge is -2.16. The Bertz CT molecular complexity index is 1150. The number of aromatic nitrogens is 2. The van der Waals surface area contributed by atoms with E-state index in [2.05, 4.69) is 4.98 Å². The van der Waals surface area contributed by atoms with Gasteiger partial charge in [-0.3, -0.25) is 14.2 Å². The number of carbonyl (C=O) groups is 1. The first kappa shape index (κ1) is 21.9. The molecule has 0 saturated heterocycles. The molecule has 1 aliphatic carbocycles. The van der Waals surface area contributed by atoms with Crippen LogP contribution in [0.25, 0.3) is 10.2 Å². The second-order valence-electron chi connectivity index (χ2n) is 7.35. The summed E-state index contributed by atoms with van der Waals surface area (Å²) in [7, 11) is 0. The van der Waals surface area contributed by atoms with E-state index < -0.39 is 23.9 Å². The fraction of sp³-hybridized carbons (Fsp3) is 0.450. The lowest BCUT2D eigenvalue weighted by Crippen LogP contribution is -2.38. The maximum Gasteiger partial charge on any atom is 0.405 e. The van der Waals surface area contributed by atoms with Gasteiger partial charge in [-0.2, -0.15) is 13.2 Å². The van der Waals surface area contributed by atoms with Crippen LogP contribution in [-0.2, 0) is 24.2 Å². The SMILES string of the molecule is CC(Sc1nc2sc3c(c2c(=O)n1Cc1ccco1)CCCC3)C(=O)NCC(F)(F)F. The Morgan fingerprint density at radius 1 is 1.39 bits per heavy atom. The number of thiophene rings is 1. The summed E-state index contributed by atoms with van der Waals surface area (Å²) in [6.07, 6.45) is 0.831. The van der Waals surface area contributed by atoms with Crippen molar-refractivity contribution in [3.8, 4) is 0 Å². The highest BCUT2D eigenvalue weighted by Crippen LogP contribution is 2.35. The average Bonchev–Trinajstić information content (AvgIpc) is 3.35. The molecule has 1 unspecified atom stereocenters. The number of nitrogens with one attached hydrogen (secondary N) is 1. The first-order valence-electron chi connectivity index (χ1n) is 9.81. The van der Waals surface area contributed by atoms with Crippen LogP contribution in [0.4, 0.5) is 13.2 Å². The largest absolute Gasteiger partial charge is 0.467 e. The Kier molecular flexibility index (Phi) is 6.16. The molecule has 0 aliphatic heterocycles. The van der Waals surface area contributed by atoms with Crippen LogP contribution >= 0.6 is 23.1 Å². The summed E-state index contributed by atoms with van der Waals surface area (Å²) in [5.74, 6) is -0.227. The molecule has 4 rings (SSSR count). The molecule has 0 bridgehead atoms. The van der Waals surface area contributed by atoms with Crippen molar-refractivity contribution in [2.24, 2.45) is 0 Å². The van der Waals surface area contributed by atoms with Gasteiger partial charge in [-0.25, -0.2) is 4.98 Å². The summed E-state index contributed by atoms with van der Waals surface area (Å²) >= 11 is 2.45. The number of rotatable bonds is 6. The number of halogens is 3. The van der Waals surface area contributed by atoms with Gasteiger partial charge in [-0.05, 0) is 50.3 Å². The minimum absolute atomic E-state index is 0.124. The van der Waals surface area contributed by atoms with E-state index in [1.165, 1.54) is 29.1 Å². The number of fused-ring (bicyclic) bond motifs is 3. The van der Waals surface area contributed by atoms with Crippen molar-refractivity contribution >= 4 is 39.2 Å². The van der Waals surface area contributed by atoms with E-state index in [0.29, 0.717) is 16.0 Å². The standard InChI is InChI=1S/C20H20F3N3O3S2/c1-11(16(27)24-10-20(21,22)23)30-19-25-17-15(13-6-2-3-7-14(13)31-17)18(28)26(19)9-12-5-4-8-29-12/h4-5,8,11H,2-3,6-7,9-10H2,1H3,(H,24,27). The van der Waals surface area contributed by atoms with Crippen LogP contribution in [0.3, 0.4) is 0 Å². The van der Waals surface area contributed by atoms with Gasteiger partial charge in [0.25, 0.3) is 5.56 Å². The maximum atomic E-state index is 13.4. The molecule has 1 aliphatic rings. The molecule has 0 fully saturated rings. The maximum absolute atomic E-state index is 13.4. The molecule has 0 aromatic carbocycles. The Balaban J connectivity index is 1.70. The minimum Gasteiger partial charge on any atom is -0.467 e. The predicted molar refractivity (Wildman–Crippen MR) is 113 cm³/mol. The summed E-state index contributed by atoms with van der Waals surface area (Å²) in [4.78, 5) is 32.0. The second-order valence-corrected chi connectivity index (χ2v) is 9.74. The Morgan fingerprint density at radius 2 is 2.16 bits per heavy atom. The van der Waals surface area contributed by atoms with Gasteiger partial charge in [0.1, 0.15) is 17.1 Å². The van der Waals surface area contributed by atoms with Gasteiger partial charge in [-0.1, -0.05) is 11.8 Å². The highest BCUT2D eigenvalue weighted by molar-refractivity contribution is 8.00. The zero-order valence-electron chi connectivity index (χ0n) is 16.6. The van der Waals surface area contributed by atoms with E-state index in [-0.39, 0.29) is 17.3 Å². The average molecular weight is 472 g/mol. The fourth-order valence-corrected chi connectivity index (χ4v) is 5.79. The van der Waals surface area contributed by atoms with Crippen molar-refractivity contribution in [2.45, 2.75) is 55.7 Å². The van der Waals surface area contributed by atoms with E-state index >= 15 is 0 Å². The number of thioether (sulfide) groups is 1. The van der Waals surface area contributed by atoms with Crippen LogP contribution in [0.2, 0.25) is 0 Å². The van der Waals surface area contributed by atoms with Crippen molar-refractivity contribution in [1.82, 2.24) is 14.9 Å². The molecular weight excluding hydrogens is 451 g/mol. The van der Waals surface area contributed by atoms with Crippen LogP contribution in [0.5, 0.6) is 0 Å². The van der Waals surface area contributed by atoms with Crippen molar-refractivity contribution in [3.05, 3.63) is 45.0 Å². The Labute approximate surface area is 183 Å². The van der Waals surface area contributed by atoms with Crippen LogP contribution in [0, 0.1) is 0 Å². The number of aryl methyl sites for hydroxylation is 2. The number of nitrogens with zero attached hydrogens (tertiary/aromatic N) is 2. The van der Waals surface area contributed by atoms with Gasteiger partial charge in [0.05, 0.1) is 23.4 Å². The van der Waals surface area contributed by atoms with E-state index in [9.17, 15) is 22.8 Å². The summed E-state index contributed by atoms with van der Waals surface area (Å²) in [6.45, 7) is 0.210. The van der Waals surface area contributed by atoms with Crippen molar-refractivity contribution < 1.29 is 22.4 Å². The third kappa shape index (κ3) is 4.82. The normalized spacial score (nSPS) is 15.1. The van der Waals surface area contributed by atoms with Gasteiger partial charge in [0.15, 0.2) is 5.16 Å². The van der Waals surface area contributed by atoms with Crippen molar-refractivity contribution in [1.29, 1.82) is 0 Å². The van der Waals surface area contributed by atoms with Crippen molar-refractivity contribution in [2.75, 3.05) is 6.54 Å². The first-order chi connectivity index (χ1) is 14.7. The molecule has 0 radical (unpaired) electrons. The van der Waals surface area contributed by atoms with E-state index in [1.54, 1.807) is 12.1 Å². The number of carbonyl (C=O) groups excluding carboxylic acids is 1. The number of hydrogen-bond acceptors (Lipinski definition) is 6. The quantitative estimate of drug-likeness (QED) is 0.432. The van der Waals surface area contributed by atoms with E-state index in [4.69, 9.17) is 4.42 Å². The zero-order chi connectivity index (χ0) is 22.2. The molecule has 3 heterocycles. The zero-order valence-corrected chi connectivity index (χ0v) is 18.3. The molecule has 31 heavy (non-hydrogen) atoms. The molecular formula is C20H20F3N3O3S2. The lowest BCUT2D eigenvalue weighted by molar-refractivity contribution is -0.137. The molecule has 0 saturated carbocycles. The summed E-state index contributed by atoms with van der Waals surface area (Å²) in [6, 6.07) is 3.44. The monoisotopic (exact) mass is 471 g/mol. The lowest BCUT2D eigenvalue weighted by atomic mass is 9.97. The van der Waals surface area contributed by atoms with E-state index in [0.717, 1.165) is 47.9 Å². The van der Waals surface area contributed by atoms with Crippen LogP contribution < -0.4 is 10.9 Å². The molecule has 166 valence electrons. The van der Waals surface area contributed by atoms with Gasteiger partial charge in [0.2, 0.25) is 5.91 Å². The molecule has 6 nitrogen and oxygen atoms in total. The molecule has 0 spiro atoms. The van der Waals surface area contributed by atoms with Gasteiger partial charge >= 0.3 is 6.18 Å². The number of amides is 1. The highest BCUT2D eigenvalue weighted by atomic mass is 32.2. The molecule has 1 amide bonds. The molecule has 1 N–H and O–H groups in total.